The standard InChI is InChI=1S/C13H23N5O.ClH/c1-9(2)12(14)13(19)15-8-11-17-16-10-6-4-3-5-7-18(10)11;/h9,12H,3-8,14H2,1-2H3,(H,15,19);1H/t12-;/m0./s1. The van der Waals surface area contributed by atoms with E-state index in [1.165, 1.54) is 12.8 Å². The summed E-state index contributed by atoms with van der Waals surface area (Å²) >= 11 is 0. The predicted octanol–water partition coefficient (Wildman–Crippen LogP) is 1.03. The number of aromatic nitrogens is 3. The second-order valence-electron chi connectivity index (χ2n) is 5.48. The number of hydrogen-bond acceptors (Lipinski definition) is 4. The highest BCUT2D eigenvalue weighted by atomic mass is 35.5. The Morgan fingerprint density at radius 1 is 1.35 bits per heavy atom. The number of rotatable bonds is 4. The van der Waals surface area contributed by atoms with Crippen LogP contribution >= 0.6 is 12.4 Å². The van der Waals surface area contributed by atoms with Crippen LogP contribution in [0.3, 0.4) is 0 Å². The topological polar surface area (TPSA) is 85.8 Å². The Morgan fingerprint density at radius 3 is 2.80 bits per heavy atom. The Labute approximate surface area is 125 Å². The highest BCUT2D eigenvalue weighted by Crippen LogP contribution is 2.14. The number of halogens is 1. The van der Waals surface area contributed by atoms with Crippen LogP contribution in [0.5, 0.6) is 0 Å². The molecule has 1 aromatic rings. The molecule has 0 unspecified atom stereocenters. The molecule has 1 amide bonds. The van der Waals surface area contributed by atoms with Gasteiger partial charge in [-0.05, 0) is 18.8 Å². The number of carbonyl (C=O) groups excluding carboxylic acids is 1. The largest absolute Gasteiger partial charge is 0.347 e. The van der Waals surface area contributed by atoms with Gasteiger partial charge in [0.15, 0.2) is 5.82 Å². The van der Waals surface area contributed by atoms with Crippen molar-refractivity contribution in [2.24, 2.45) is 11.7 Å². The minimum Gasteiger partial charge on any atom is -0.347 e. The summed E-state index contributed by atoms with van der Waals surface area (Å²) in [6.07, 6.45) is 4.53. The molecule has 1 atom stereocenters. The van der Waals surface area contributed by atoms with Crippen LogP contribution in [0.25, 0.3) is 0 Å². The van der Waals surface area contributed by atoms with Crippen molar-refractivity contribution in [2.75, 3.05) is 0 Å². The van der Waals surface area contributed by atoms with Gasteiger partial charge in [-0.2, -0.15) is 0 Å². The van der Waals surface area contributed by atoms with E-state index < -0.39 is 6.04 Å². The van der Waals surface area contributed by atoms with Crippen LogP contribution in [-0.2, 0) is 24.3 Å². The minimum atomic E-state index is -0.466. The van der Waals surface area contributed by atoms with Gasteiger partial charge in [-0.3, -0.25) is 4.79 Å². The van der Waals surface area contributed by atoms with E-state index in [2.05, 4.69) is 20.1 Å². The third-order valence-electron chi connectivity index (χ3n) is 3.63. The Balaban J connectivity index is 0.00000200. The highest BCUT2D eigenvalue weighted by Gasteiger charge is 2.19. The SMILES string of the molecule is CC(C)[C@H](N)C(=O)NCc1nnc2n1CCCCC2.Cl. The van der Waals surface area contributed by atoms with Gasteiger partial charge in [0.05, 0.1) is 12.6 Å². The van der Waals surface area contributed by atoms with Crippen molar-refractivity contribution in [2.45, 2.75) is 58.7 Å². The molecule has 1 aliphatic rings. The predicted molar refractivity (Wildman–Crippen MR) is 79.5 cm³/mol. The molecule has 0 aromatic carbocycles. The Hall–Kier alpha value is -1.14. The number of fused-ring (bicyclic) bond motifs is 1. The average molecular weight is 302 g/mol. The zero-order chi connectivity index (χ0) is 13.8. The lowest BCUT2D eigenvalue weighted by Gasteiger charge is -2.15. The number of nitrogens with one attached hydrogen (secondary N) is 1. The molecule has 2 rings (SSSR count). The number of nitrogens with zero attached hydrogens (tertiary/aromatic N) is 3. The molecule has 2 heterocycles. The summed E-state index contributed by atoms with van der Waals surface area (Å²) in [4.78, 5) is 11.8. The summed E-state index contributed by atoms with van der Waals surface area (Å²) in [7, 11) is 0. The zero-order valence-electron chi connectivity index (χ0n) is 12.1. The quantitative estimate of drug-likeness (QED) is 0.869. The third kappa shape index (κ3) is 3.93. The molecule has 3 N–H and O–H groups in total. The fourth-order valence-corrected chi connectivity index (χ4v) is 2.26. The van der Waals surface area contributed by atoms with Crippen LogP contribution in [0.2, 0.25) is 0 Å². The van der Waals surface area contributed by atoms with E-state index in [1.807, 2.05) is 13.8 Å². The zero-order valence-corrected chi connectivity index (χ0v) is 12.9. The first-order valence-corrected chi connectivity index (χ1v) is 7.04. The maximum absolute atomic E-state index is 11.8. The van der Waals surface area contributed by atoms with Gasteiger partial charge in [0.25, 0.3) is 0 Å². The van der Waals surface area contributed by atoms with Gasteiger partial charge in [-0.1, -0.05) is 20.3 Å². The lowest BCUT2D eigenvalue weighted by molar-refractivity contribution is -0.123. The van der Waals surface area contributed by atoms with E-state index in [9.17, 15) is 4.79 Å². The molecule has 6 nitrogen and oxygen atoms in total. The Morgan fingerprint density at radius 2 is 2.10 bits per heavy atom. The summed E-state index contributed by atoms with van der Waals surface area (Å²) in [5, 5.41) is 11.2. The maximum atomic E-state index is 11.8. The normalized spacial score (nSPS) is 16.0. The maximum Gasteiger partial charge on any atom is 0.237 e. The van der Waals surface area contributed by atoms with Crippen molar-refractivity contribution in [1.29, 1.82) is 0 Å². The van der Waals surface area contributed by atoms with Gasteiger partial charge in [-0.25, -0.2) is 0 Å². The molecule has 0 saturated carbocycles. The summed E-state index contributed by atoms with van der Waals surface area (Å²) in [5.41, 5.74) is 5.81. The first-order chi connectivity index (χ1) is 9.09. The van der Waals surface area contributed by atoms with Crippen LogP contribution < -0.4 is 11.1 Å². The second kappa shape index (κ2) is 7.59. The lowest BCUT2D eigenvalue weighted by atomic mass is 10.1. The number of aryl methyl sites for hydroxylation is 1. The molecule has 0 aliphatic carbocycles. The van der Waals surface area contributed by atoms with Gasteiger partial charge in [-0.15, -0.1) is 22.6 Å². The van der Waals surface area contributed by atoms with Crippen LogP contribution in [-0.4, -0.2) is 26.7 Å². The van der Waals surface area contributed by atoms with Crippen LogP contribution in [0, 0.1) is 5.92 Å². The van der Waals surface area contributed by atoms with Crippen LogP contribution in [0.15, 0.2) is 0 Å². The van der Waals surface area contributed by atoms with Crippen LogP contribution in [0.1, 0.15) is 44.8 Å². The molecular formula is C13H24ClN5O. The van der Waals surface area contributed by atoms with Crippen molar-refractivity contribution in [3.8, 4) is 0 Å². The molecule has 0 bridgehead atoms. The fourth-order valence-electron chi connectivity index (χ4n) is 2.26. The highest BCUT2D eigenvalue weighted by molar-refractivity contribution is 5.85. The van der Waals surface area contributed by atoms with E-state index in [4.69, 9.17) is 5.73 Å². The molecule has 0 saturated heterocycles. The van der Waals surface area contributed by atoms with Gasteiger partial charge in [0.2, 0.25) is 5.91 Å². The van der Waals surface area contributed by atoms with Gasteiger partial charge in [0.1, 0.15) is 5.82 Å². The van der Waals surface area contributed by atoms with E-state index in [0.717, 1.165) is 31.0 Å². The third-order valence-corrected chi connectivity index (χ3v) is 3.63. The average Bonchev–Trinajstić information content (AvgIpc) is 2.62. The summed E-state index contributed by atoms with van der Waals surface area (Å²) < 4.78 is 2.13. The van der Waals surface area contributed by atoms with Gasteiger partial charge >= 0.3 is 0 Å². The molecule has 0 fully saturated rings. The molecule has 1 aromatic heterocycles. The molecule has 7 heteroatoms. The number of amides is 1. The molecule has 1 aliphatic heterocycles. The Kier molecular flexibility index (Phi) is 6.42. The van der Waals surface area contributed by atoms with E-state index in [1.54, 1.807) is 0 Å². The number of nitrogens with two attached hydrogens (primary N) is 1. The molecular weight excluding hydrogens is 278 g/mol. The van der Waals surface area contributed by atoms with E-state index >= 15 is 0 Å². The smallest absolute Gasteiger partial charge is 0.237 e. The summed E-state index contributed by atoms with van der Waals surface area (Å²) in [6, 6.07) is -0.466. The Bertz CT molecular complexity index is 446. The van der Waals surface area contributed by atoms with Crippen molar-refractivity contribution < 1.29 is 4.79 Å². The molecule has 20 heavy (non-hydrogen) atoms. The van der Waals surface area contributed by atoms with Crippen molar-refractivity contribution in [3.05, 3.63) is 11.6 Å². The lowest BCUT2D eigenvalue weighted by Crippen LogP contribution is -2.43. The summed E-state index contributed by atoms with van der Waals surface area (Å²) in [6.45, 7) is 5.23. The fraction of sp³-hybridized carbons (Fsp3) is 0.769. The van der Waals surface area contributed by atoms with Crippen LogP contribution in [0.4, 0.5) is 0 Å². The molecule has 0 radical (unpaired) electrons. The molecule has 0 spiro atoms. The number of carbonyl (C=O) groups is 1. The first-order valence-electron chi connectivity index (χ1n) is 7.04. The molecule has 114 valence electrons. The van der Waals surface area contributed by atoms with E-state index in [0.29, 0.717) is 6.54 Å². The van der Waals surface area contributed by atoms with Crippen molar-refractivity contribution >= 4 is 18.3 Å². The van der Waals surface area contributed by atoms with Crippen molar-refractivity contribution in [3.63, 3.8) is 0 Å². The second-order valence-corrected chi connectivity index (χ2v) is 5.48. The van der Waals surface area contributed by atoms with Gasteiger partial charge in [0, 0.05) is 13.0 Å². The number of hydrogen-bond donors (Lipinski definition) is 2. The van der Waals surface area contributed by atoms with E-state index in [-0.39, 0.29) is 24.2 Å². The van der Waals surface area contributed by atoms with Crippen molar-refractivity contribution in [1.82, 2.24) is 20.1 Å². The monoisotopic (exact) mass is 301 g/mol. The minimum absolute atomic E-state index is 0. The summed E-state index contributed by atoms with van der Waals surface area (Å²) in [5.74, 6) is 1.88. The van der Waals surface area contributed by atoms with Gasteiger partial charge < -0.3 is 15.6 Å². The first kappa shape index (κ1) is 16.9.